The lowest BCUT2D eigenvalue weighted by atomic mass is 9.85. The fourth-order valence-corrected chi connectivity index (χ4v) is 3.74. The predicted molar refractivity (Wildman–Crippen MR) is 89.5 cm³/mol. The van der Waals surface area contributed by atoms with Crippen LogP contribution in [-0.4, -0.2) is 29.3 Å². The third-order valence-corrected chi connectivity index (χ3v) is 5.24. The SMILES string of the molecule is C[C@@H]1CCCC[C@@H]1NC(=O)[C@@H]1CC(=O)N(Cc2ccccc2)C1. The zero-order chi connectivity index (χ0) is 16.2. The number of nitrogens with one attached hydrogen (secondary N) is 1. The maximum atomic E-state index is 12.5. The number of carbonyl (C=O) groups is 2. The Bertz CT molecular complexity index is 558. The molecule has 1 aliphatic carbocycles. The Balaban J connectivity index is 1.55. The number of carbonyl (C=O) groups excluding carboxylic acids is 2. The van der Waals surface area contributed by atoms with Crippen LogP contribution in [0.1, 0.15) is 44.6 Å². The van der Waals surface area contributed by atoms with Crippen LogP contribution in [0.5, 0.6) is 0 Å². The molecule has 1 saturated heterocycles. The predicted octanol–water partition coefficient (Wildman–Crippen LogP) is 2.73. The first-order valence-electron chi connectivity index (χ1n) is 8.75. The topological polar surface area (TPSA) is 49.4 Å². The Labute approximate surface area is 138 Å². The highest BCUT2D eigenvalue weighted by Gasteiger charge is 2.35. The molecule has 0 spiro atoms. The highest BCUT2D eigenvalue weighted by Crippen LogP contribution is 2.25. The first-order valence-corrected chi connectivity index (χ1v) is 8.75. The monoisotopic (exact) mass is 314 g/mol. The Kier molecular flexibility index (Phi) is 4.99. The van der Waals surface area contributed by atoms with E-state index in [9.17, 15) is 9.59 Å². The molecular weight excluding hydrogens is 288 g/mol. The fourth-order valence-electron chi connectivity index (χ4n) is 3.74. The van der Waals surface area contributed by atoms with E-state index in [0.29, 0.717) is 25.4 Å². The number of amides is 2. The zero-order valence-electron chi connectivity index (χ0n) is 13.8. The molecular formula is C19H26N2O2. The van der Waals surface area contributed by atoms with Crippen LogP contribution < -0.4 is 5.32 Å². The molecule has 3 atom stereocenters. The Morgan fingerprint density at radius 2 is 1.96 bits per heavy atom. The van der Waals surface area contributed by atoms with E-state index in [0.717, 1.165) is 12.0 Å². The second-order valence-electron chi connectivity index (χ2n) is 7.04. The lowest BCUT2D eigenvalue weighted by Gasteiger charge is -2.30. The highest BCUT2D eigenvalue weighted by molar-refractivity contribution is 5.89. The molecule has 1 heterocycles. The van der Waals surface area contributed by atoms with Crippen LogP contribution in [0.25, 0.3) is 0 Å². The van der Waals surface area contributed by atoms with Gasteiger partial charge in [-0.2, -0.15) is 0 Å². The van der Waals surface area contributed by atoms with Crippen molar-refractivity contribution in [2.24, 2.45) is 11.8 Å². The Morgan fingerprint density at radius 3 is 2.70 bits per heavy atom. The molecule has 2 amide bonds. The lowest BCUT2D eigenvalue weighted by Crippen LogP contribution is -2.44. The summed E-state index contributed by atoms with van der Waals surface area (Å²) in [6.45, 7) is 3.36. The largest absolute Gasteiger partial charge is 0.353 e. The average Bonchev–Trinajstić information content (AvgIpc) is 2.92. The lowest BCUT2D eigenvalue weighted by molar-refractivity contribution is -0.129. The maximum Gasteiger partial charge on any atom is 0.225 e. The van der Waals surface area contributed by atoms with Gasteiger partial charge >= 0.3 is 0 Å². The van der Waals surface area contributed by atoms with Crippen molar-refractivity contribution < 1.29 is 9.59 Å². The van der Waals surface area contributed by atoms with Gasteiger partial charge in [0, 0.05) is 25.6 Å². The van der Waals surface area contributed by atoms with Crippen LogP contribution in [0.3, 0.4) is 0 Å². The highest BCUT2D eigenvalue weighted by atomic mass is 16.2. The number of nitrogens with zero attached hydrogens (tertiary/aromatic N) is 1. The molecule has 1 N–H and O–H groups in total. The van der Waals surface area contributed by atoms with Crippen molar-refractivity contribution in [2.75, 3.05) is 6.54 Å². The van der Waals surface area contributed by atoms with Crippen molar-refractivity contribution in [3.05, 3.63) is 35.9 Å². The van der Waals surface area contributed by atoms with Gasteiger partial charge in [0.2, 0.25) is 11.8 Å². The number of hydrogen-bond donors (Lipinski definition) is 1. The average molecular weight is 314 g/mol. The second-order valence-corrected chi connectivity index (χ2v) is 7.04. The molecule has 3 rings (SSSR count). The minimum absolute atomic E-state index is 0.0626. The normalized spacial score (nSPS) is 28.0. The van der Waals surface area contributed by atoms with Gasteiger partial charge in [0.05, 0.1) is 5.92 Å². The van der Waals surface area contributed by atoms with Gasteiger partial charge in [-0.05, 0) is 24.3 Å². The molecule has 2 fully saturated rings. The smallest absolute Gasteiger partial charge is 0.225 e. The summed E-state index contributed by atoms with van der Waals surface area (Å²) in [6.07, 6.45) is 5.06. The summed E-state index contributed by atoms with van der Waals surface area (Å²) in [5, 5.41) is 3.20. The molecule has 1 aromatic carbocycles. The van der Waals surface area contributed by atoms with Gasteiger partial charge < -0.3 is 10.2 Å². The van der Waals surface area contributed by atoms with E-state index in [4.69, 9.17) is 0 Å². The third kappa shape index (κ3) is 3.92. The quantitative estimate of drug-likeness (QED) is 0.929. The summed E-state index contributed by atoms with van der Waals surface area (Å²) in [7, 11) is 0. The molecule has 23 heavy (non-hydrogen) atoms. The van der Waals surface area contributed by atoms with Crippen molar-refractivity contribution in [2.45, 2.75) is 51.6 Å². The summed E-state index contributed by atoms with van der Waals surface area (Å²) in [4.78, 5) is 26.5. The summed E-state index contributed by atoms with van der Waals surface area (Å²) in [5.74, 6) is 0.504. The van der Waals surface area contributed by atoms with Gasteiger partial charge in [0.1, 0.15) is 0 Å². The molecule has 0 unspecified atom stereocenters. The van der Waals surface area contributed by atoms with Gasteiger partial charge in [0.15, 0.2) is 0 Å². The molecule has 2 aliphatic rings. The fraction of sp³-hybridized carbons (Fsp3) is 0.579. The summed E-state index contributed by atoms with van der Waals surface area (Å²) in [6, 6.07) is 10.2. The van der Waals surface area contributed by atoms with Gasteiger partial charge in [-0.15, -0.1) is 0 Å². The number of rotatable bonds is 4. The van der Waals surface area contributed by atoms with Crippen LogP contribution in [0.2, 0.25) is 0 Å². The number of benzene rings is 1. The molecule has 0 bridgehead atoms. The zero-order valence-corrected chi connectivity index (χ0v) is 13.8. The van der Waals surface area contributed by atoms with Crippen molar-refractivity contribution in [3.8, 4) is 0 Å². The van der Waals surface area contributed by atoms with E-state index in [1.165, 1.54) is 19.3 Å². The van der Waals surface area contributed by atoms with Gasteiger partial charge in [-0.25, -0.2) is 0 Å². The van der Waals surface area contributed by atoms with Gasteiger partial charge in [-0.3, -0.25) is 9.59 Å². The van der Waals surface area contributed by atoms with Crippen LogP contribution in [-0.2, 0) is 16.1 Å². The summed E-state index contributed by atoms with van der Waals surface area (Å²) in [5.41, 5.74) is 1.11. The van der Waals surface area contributed by atoms with Gasteiger partial charge in [-0.1, -0.05) is 50.1 Å². The van der Waals surface area contributed by atoms with E-state index in [2.05, 4.69) is 12.2 Å². The first kappa shape index (κ1) is 16.0. The molecule has 0 radical (unpaired) electrons. The van der Waals surface area contributed by atoms with Crippen LogP contribution in [0.4, 0.5) is 0 Å². The Hall–Kier alpha value is -1.84. The minimum Gasteiger partial charge on any atom is -0.353 e. The molecule has 4 heteroatoms. The molecule has 1 aromatic rings. The van der Waals surface area contributed by atoms with E-state index in [1.54, 1.807) is 0 Å². The molecule has 124 valence electrons. The standard InChI is InChI=1S/C19H26N2O2/c1-14-7-5-6-10-17(14)20-19(23)16-11-18(22)21(13-16)12-15-8-3-2-4-9-15/h2-4,8-9,14,16-17H,5-7,10-13H2,1H3,(H,20,23)/t14-,16-,17+/m1/s1. The number of hydrogen-bond acceptors (Lipinski definition) is 2. The molecule has 4 nitrogen and oxygen atoms in total. The third-order valence-electron chi connectivity index (χ3n) is 5.24. The van der Waals surface area contributed by atoms with E-state index in [1.807, 2.05) is 35.2 Å². The van der Waals surface area contributed by atoms with E-state index < -0.39 is 0 Å². The van der Waals surface area contributed by atoms with E-state index >= 15 is 0 Å². The molecule has 0 aromatic heterocycles. The van der Waals surface area contributed by atoms with Crippen LogP contribution in [0.15, 0.2) is 30.3 Å². The van der Waals surface area contributed by atoms with Crippen molar-refractivity contribution in [1.29, 1.82) is 0 Å². The van der Waals surface area contributed by atoms with Crippen molar-refractivity contribution in [3.63, 3.8) is 0 Å². The second kappa shape index (κ2) is 7.16. The van der Waals surface area contributed by atoms with Crippen molar-refractivity contribution >= 4 is 11.8 Å². The molecule has 1 saturated carbocycles. The maximum absolute atomic E-state index is 12.5. The Morgan fingerprint density at radius 1 is 1.22 bits per heavy atom. The van der Waals surface area contributed by atoms with Crippen molar-refractivity contribution in [1.82, 2.24) is 10.2 Å². The summed E-state index contributed by atoms with van der Waals surface area (Å²) < 4.78 is 0. The van der Waals surface area contributed by atoms with E-state index in [-0.39, 0.29) is 23.8 Å². The minimum atomic E-state index is -0.194. The van der Waals surface area contributed by atoms with Gasteiger partial charge in [0.25, 0.3) is 0 Å². The molecule has 1 aliphatic heterocycles. The number of likely N-dealkylation sites (tertiary alicyclic amines) is 1. The summed E-state index contributed by atoms with van der Waals surface area (Å²) >= 11 is 0. The van der Waals surface area contributed by atoms with Crippen LogP contribution in [0, 0.1) is 11.8 Å². The van der Waals surface area contributed by atoms with Crippen LogP contribution >= 0.6 is 0 Å². The first-order chi connectivity index (χ1) is 11.1.